The van der Waals surface area contributed by atoms with Crippen LogP contribution in [-0.4, -0.2) is 20.2 Å². The Morgan fingerprint density at radius 3 is 2.78 bits per heavy atom. The molecule has 1 heterocycles. The first-order valence-corrected chi connectivity index (χ1v) is 5.90. The van der Waals surface area contributed by atoms with Crippen molar-refractivity contribution in [3.8, 4) is 0 Å². The molecule has 0 bridgehead atoms. The molecule has 1 atom stereocenters. The molecule has 1 aromatic heterocycles. The third-order valence-corrected chi connectivity index (χ3v) is 3.22. The van der Waals surface area contributed by atoms with Crippen molar-refractivity contribution in [2.75, 3.05) is 0 Å². The Bertz CT molecular complexity index is 571. The Hall–Kier alpha value is -1.41. The number of nitrogens with two attached hydrogens (primary N) is 1. The average Bonchev–Trinajstić information content (AvgIpc) is 2.71. The molecule has 0 aliphatic rings. The molecule has 0 radical (unpaired) electrons. The van der Waals surface area contributed by atoms with Crippen LogP contribution in [0.4, 0.5) is 8.78 Å². The van der Waals surface area contributed by atoms with Crippen molar-refractivity contribution in [2.24, 2.45) is 12.8 Å². The van der Waals surface area contributed by atoms with E-state index < -0.39 is 17.7 Å². The summed E-state index contributed by atoms with van der Waals surface area (Å²) < 4.78 is 26.4. The van der Waals surface area contributed by atoms with Crippen LogP contribution in [0.2, 0.25) is 0 Å². The van der Waals surface area contributed by atoms with Crippen LogP contribution in [0, 0.1) is 11.6 Å². The zero-order valence-electron chi connectivity index (χ0n) is 9.44. The Labute approximate surface area is 110 Å². The van der Waals surface area contributed by atoms with Crippen molar-refractivity contribution in [1.82, 2.24) is 20.2 Å². The van der Waals surface area contributed by atoms with E-state index in [2.05, 4.69) is 31.3 Å². The highest BCUT2D eigenvalue weighted by molar-refractivity contribution is 9.10. The molecule has 0 saturated carbocycles. The number of aromatic nitrogens is 4. The van der Waals surface area contributed by atoms with E-state index in [-0.39, 0.29) is 10.9 Å². The van der Waals surface area contributed by atoms with Gasteiger partial charge in [0.05, 0.1) is 11.5 Å². The maximum absolute atomic E-state index is 13.4. The minimum atomic E-state index is -0.949. The molecule has 0 spiro atoms. The molecule has 8 heteroatoms. The molecule has 0 fully saturated rings. The second-order valence-corrected chi connectivity index (χ2v) is 4.56. The minimum absolute atomic E-state index is 0.0268. The molecule has 18 heavy (non-hydrogen) atoms. The van der Waals surface area contributed by atoms with Crippen molar-refractivity contribution < 1.29 is 8.78 Å². The van der Waals surface area contributed by atoms with Crippen LogP contribution < -0.4 is 5.73 Å². The molecule has 1 aromatic carbocycles. The van der Waals surface area contributed by atoms with E-state index in [0.717, 1.165) is 6.07 Å². The van der Waals surface area contributed by atoms with Gasteiger partial charge >= 0.3 is 0 Å². The number of benzene rings is 1. The van der Waals surface area contributed by atoms with Gasteiger partial charge in [-0.05, 0) is 32.8 Å². The van der Waals surface area contributed by atoms with Crippen LogP contribution >= 0.6 is 15.9 Å². The van der Waals surface area contributed by atoms with E-state index in [1.165, 1.54) is 10.9 Å². The van der Waals surface area contributed by atoms with Crippen LogP contribution in [-0.2, 0) is 13.5 Å². The van der Waals surface area contributed by atoms with E-state index in [0.29, 0.717) is 11.4 Å². The van der Waals surface area contributed by atoms with Gasteiger partial charge in [0.25, 0.3) is 0 Å². The summed E-state index contributed by atoms with van der Waals surface area (Å²) in [4.78, 5) is 1.31. The minimum Gasteiger partial charge on any atom is -0.324 e. The highest BCUT2D eigenvalue weighted by atomic mass is 79.9. The first-order valence-electron chi connectivity index (χ1n) is 5.11. The third kappa shape index (κ3) is 2.54. The highest BCUT2D eigenvalue weighted by Gasteiger charge is 2.18. The third-order valence-electron chi connectivity index (χ3n) is 2.42. The van der Waals surface area contributed by atoms with E-state index in [1.54, 1.807) is 7.05 Å². The van der Waals surface area contributed by atoms with Gasteiger partial charge in [0.15, 0.2) is 17.5 Å². The van der Waals surface area contributed by atoms with E-state index in [1.807, 2.05) is 0 Å². The predicted molar refractivity (Wildman–Crippen MR) is 63.5 cm³/mol. The summed E-state index contributed by atoms with van der Waals surface area (Å²) in [6.07, 6.45) is 0.289. The van der Waals surface area contributed by atoms with Crippen molar-refractivity contribution in [3.63, 3.8) is 0 Å². The number of halogens is 3. The molecule has 0 saturated heterocycles. The second kappa shape index (κ2) is 5.07. The van der Waals surface area contributed by atoms with Crippen LogP contribution in [0.5, 0.6) is 0 Å². The van der Waals surface area contributed by atoms with E-state index >= 15 is 0 Å². The molecular formula is C10H10BrF2N5. The Balaban J connectivity index is 2.24. The number of rotatable bonds is 3. The van der Waals surface area contributed by atoms with Crippen molar-refractivity contribution in [3.05, 3.63) is 39.6 Å². The van der Waals surface area contributed by atoms with Gasteiger partial charge in [0.1, 0.15) is 0 Å². The topological polar surface area (TPSA) is 69.6 Å². The number of tetrazole rings is 1. The lowest BCUT2D eigenvalue weighted by atomic mass is 10.0. The Morgan fingerprint density at radius 1 is 1.44 bits per heavy atom. The average molecular weight is 318 g/mol. The van der Waals surface area contributed by atoms with Gasteiger partial charge in [-0.25, -0.2) is 8.78 Å². The summed E-state index contributed by atoms with van der Waals surface area (Å²) in [7, 11) is 1.63. The van der Waals surface area contributed by atoms with Gasteiger partial charge in [-0.2, -0.15) is 4.80 Å². The van der Waals surface area contributed by atoms with Gasteiger partial charge in [0, 0.05) is 12.5 Å². The molecule has 5 nitrogen and oxygen atoms in total. The van der Waals surface area contributed by atoms with Crippen LogP contribution in [0.1, 0.15) is 17.4 Å². The van der Waals surface area contributed by atoms with Gasteiger partial charge in [-0.3, -0.25) is 0 Å². The van der Waals surface area contributed by atoms with Crippen LogP contribution in [0.25, 0.3) is 0 Å². The molecule has 1 unspecified atom stereocenters. The maximum Gasteiger partial charge on any atom is 0.176 e. The normalized spacial score (nSPS) is 12.7. The molecule has 0 aliphatic carbocycles. The molecule has 2 aromatic rings. The number of hydrogen-bond acceptors (Lipinski definition) is 4. The van der Waals surface area contributed by atoms with E-state index in [9.17, 15) is 8.78 Å². The quantitative estimate of drug-likeness (QED) is 0.871. The van der Waals surface area contributed by atoms with Gasteiger partial charge in [-0.15, -0.1) is 10.2 Å². The highest BCUT2D eigenvalue weighted by Crippen LogP contribution is 2.27. The molecule has 96 valence electrons. The zero-order chi connectivity index (χ0) is 13.3. The fourth-order valence-electron chi connectivity index (χ4n) is 1.54. The molecule has 2 N–H and O–H groups in total. The van der Waals surface area contributed by atoms with Gasteiger partial charge in [-0.1, -0.05) is 6.07 Å². The largest absolute Gasteiger partial charge is 0.324 e. The van der Waals surface area contributed by atoms with Crippen molar-refractivity contribution in [2.45, 2.75) is 12.5 Å². The first-order chi connectivity index (χ1) is 8.49. The van der Waals surface area contributed by atoms with Crippen molar-refractivity contribution in [1.29, 1.82) is 0 Å². The SMILES string of the molecule is Cn1nnc(CC(N)c2ccc(F)c(F)c2Br)n1. The summed E-state index contributed by atoms with van der Waals surface area (Å²) >= 11 is 2.99. The maximum atomic E-state index is 13.4. The molecule has 2 rings (SSSR count). The summed E-state index contributed by atoms with van der Waals surface area (Å²) in [5.41, 5.74) is 6.38. The molecule has 0 aliphatic heterocycles. The lowest BCUT2D eigenvalue weighted by molar-refractivity contribution is 0.499. The molecular weight excluding hydrogens is 308 g/mol. The Morgan fingerprint density at radius 2 is 2.17 bits per heavy atom. The molecule has 0 amide bonds. The smallest absolute Gasteiger partial charge is 0.176 e. The second-order valence-electron chi connectivity index (χ2n) is 3.77. The fraction of sp³-hybridized carbons (Fsp3) is 0.300. The van der Waals surface area contributed by atoms with Gasteiger partial charge < -0.3 is 5.73 Å². The Kier molecular flexibility index (Phi) is 3.67. The zero-order valence-corrected chi connectivity index (χ0v) is 11.0. The summed E-state index contributed by atoms with van der Waals surface area (Å²) in [6, 6.07) is 1.93. The predicted octanol–water partition coefficient (Wildman–Crippen LogP) is 1.49. The van der Waals surface area contributed by atoms with Crippen LogP contribution in [0.15, 0.2) is 16.6 Å². The first kappa shape index (κ1) is 13.0. The lowest BCUT2D eigenvalue weighted by Gasteiger charge is -2.12. The monoisotopic (exact) mass is 317 g/mol. The summed E-state index contributed by atoms with van der Waals surface area (Å²) in [6.45, 7) is 0. The summed E-state index contributed by atoms with van der Waals surface area (Å²) in [5, 5.41) is 11.4. The van der Waals surface area contributed by atoms with Crippen LogP contribution in [0.3, 0.4) is 0 Å². The summed E-state index contributed by atoms with van der Waals surface area (Å²) in [5.74, 6) is -1.42. The number of nitrogens with zero attached hydrogens (tertiary/aromatic N) is 4. The van der Waals surface area contributed by atoms with Crippen molar-refractivity contribution >= 4 is 15.9 Å². The van der Waals surface area contributed by atoms with E-state index in [4.69, 9.17) is 5.73 Å². The lowest BCUT2D eigenvalue weighted by Crippen LogP contribution is -2.15. The van der Waals surface area contributed by atoms with Gasteiger partial charge in [0.2, 0.25) is 0 Å². The fourth-order valence-corrected chi connectivity index (χ4v) is 2.15. The number of aryl methyl sites for hydroxylation is 1. The number of hydrogen-bond donors (Lipinski definition) is 1. The standard InChI is InChI=1S/C10H10BrF2N5/c1-18-16-8(15-17-18)4-7(14)5-2-3-6(12)10(13)9(5)11/h2-3,7H,4,14H2,1H3.